The summed E-state index contributed by atoms with van der Waals surface area (Å²) < 4.78 is 6.70. The number of hydrogen-bond donors (Lipinski definition) is 4. The molecule has 0 saturated carbocycles. The van der Waals surface area contributed by atoms with Gasteiger partial charge in [0.2, 0.25) is 0 Å². The minimum absolute atomic E-state index is 0.0478. The molecule has 0 spiro atoms. The van der Waals surface area contributed by atoms with Crippen LogP contribution in [-0.4, -0.2) is 43.9 Å². The number of para-hydroxylation sites is 1. The summed E-state index contributed by atoms with van der Waals surface area (Å²) in [6.07, 6.45) is 1.82. The topological polar surface area (TPSA) is 169 Å². The van der Waals surface area contributed by atoms with Gasteiger partial charge in [0, 0.05) is 22.1 Å². The second-order valence-corrected chi connectivity index (χ2v) is 10.2. The van der Waals surface area contributed by atoms with Crippen molar-refractivity contribution in [3.8, 4) is 17.1 Å². The smallest absolute Gasteiger partial charge is 0.343 e. The molecule has 0 aliphatic carbocycles. The Morgan fingerprint density at radius 1 is 1.22 bits per heavy atom. The van der Waals surface area contributed by atoms with E-state index in [2.05, 4.69) is 10.5 Å². The van der Waals surface area contributed by atoms with E-state index in [1.54, 1.807) is 29.7 Å². The lowest BCUT2D eigenvalue weighted by Gasteiger charge is -2.31. The molecule has 208 valence electrons. The first-order valence-electron chi connectivity index (χ1n) is 13.2. The van der Waals surface area contributed by atoms with Crippen LogP contribution in [0.15, 0.2) is 64.5 Å². The number of nitrogens with one attached hydrogen (secondary N) is 1. The van der Waals surface area contributed by atoms with Crippen molar-refractivity contribution < 1.29 is 24.5 Å². The van der Waals surface area contributed by atoms with E-state index in [0.29, 0.717) is 28.0 Å². The molecule has 0 fully saturated rings. The number of phenolic OH excluding ortho intramolecular Hbond substituents is 1. The number of amides is 1. The van der Waals surface area contributed by atoms with Crippen molar-refractivity contribution in [1.82, 2.24) is 15.0 Å². The molecule has 0 bridgehead atoms. The van der Waals surface area contributed by atoms with E-state index in [9.17, 15) is 24.6 Å². The largest absolute Gasteiger partial charge is 0.508 e. The number of fused-ring (bicyclic) bond motifs is 5. The summed E-state index contributed by atoms with van der Waals surface area (Å²) in [5.74, 6) is -1.14. The van der Waals surface area contributed by atoms with Gasteiger partial charge < -0.3 is 25.3 Å². The first-order chi connectivity index (χ1) is 19.7. The second kappa shape index (κ2) is 9.95. The van der Waals surface area contributed by atoms with Crippen LogP contribution >= 0.6 is 0 Å². The highest BCUT2D eigenvalue weighted by Crippen LogP contribution is 2.39. The monoisotopic (exact) mass is 553 g/mol. The minimum atomic E-state index is -1.92. The Bertz CT molecular complexity index is 1810. The Labute approximate surface area is 233 Å². The van der Waals surface area contributed by atoms with Gasteiger partial charge in [-0.25, -0.2) is 15.2 Å². The number of rotatable bonds is 6. The molecule has 2 aromatic carbocycles. The zero-order chi connectivity index (χ0) is 28.9. The summed E-state index contributed by atoms with van der Waals surface area (Å²) in [5, 5.41) is 25.5. The number of hydrogen-bond acceptors (Lipinski definition) is 9. The van der Waals surface area contributed by atoms with E-state index in [1.165, 1.54) is 18.3 Å². The van der Waals surface area contributed by atoms with Crippen LogP contribution in [0.1, 0.15) is 41.2 Å². The molecule has 11 nitrogen and oxygen atoms in total. The number of aromatic hydroxyl groups is 1. The van der Waals surface area contributed by atoms with Gasteiger partial charge in [-0.3, -0.25) is 9.59 Å². The van der Waals surface area contributed by atoms with Crippen molar-refractivity contribution in [2.24, 2.45) is 10.8 Å². The molecule has 11 heteroatoms. The third-order valence-electron chi connectivity index (χ3n) is 7.74. The van der Waals surface area contributed by atoms with Gasteiger partial charge in [-0.2, -0.15) is 5.10 Å². The highest BCUT2D eigenvalue weighted by Gasteiger charge is 2.45. The lowest BCUT2D eigenvalue weighted by molar-refractivity contribution is -0.172. The second-order valence-electron chi connectivity index (χ2n) is 10.2. The van der Waals surface area contributed by atoms with Crippen LogP contribution in [0.25, 0.3) is 22.3 Å². The first kappa shape index (κ1) is 26.4. The van der Waals surface area contributed by atoms with Gasteiger partial charge in [-0.1, -0.05) is 37.3 Å². The number of ether oxygens (including phenoxy) is 1. The summed E-state index contributed by atoms with van der Waals surface area (Å²) in [4.78, 5) is 43.5. The molecular formula is C30H27N5O6. The van der Waals surface area contributed by atoms with Crippen LogP contribution < -0.4 is 16.7 Å². The van der Waals surface area contributed by atoms with Gasteiger partial charge in [0.25, 0.3) is 11.5 Å². The predicted molar refractivity (Wildman–Crippen MR) is 150 cm³/mol. The maximum atomic E-state index is 13.6. The molecule has 1 unspecified atom stereocenters. The van der Waals surface area contributed by atoms with Crippen LogP contribution in [0.2, 0.25) is 0 Å². The van der Waals surface area contributed by atoms with Crippen molar-refractivity contribution in [2.45, 2.75) is 44.6 Å². The summed E-state index contributed by atoms with van der Waals surface area (Å²) in [5.41, 5.74) is 10.6. The van der Waals surface area contributed by atoms with Crippen molar-refractivity contribution in [3.63, 3.8) is 0 Å². The fourth-order valence-electron chi connectivity index (χ4n) is 5.43. The number of carbonyl (C=O) groups is 2. The lowest BCUT2D eigenvalue weighted by atomic mass is 9.86. The number of benzene rings is 2. The van der Waals surface area contributed by atoms with Gasteiger partial charge in [0.1, 0.15) is 12.4 Å². The number of carbonyl (C=O) groups excluding carboxylic acids is 2. The maximum absolute atomic E-state index is 13.6. The molecule has 0 radical (unpaired) electrons. The van der Waals surface area contributed by atoms with E-state index in [1.807, 2.05) is 24.3 Å². The number of esters is 1. The van der Waals surface area contributed by atoms with Crippen molar-refractivity contribution in [2.75, 3.05) is 0 Å². The molecule has 1 amide bonds. The van der Waals surface area contributed by atoms with Gasteiger partial charge in [0.15, 0.2) is 5.60 Å². The van der Waals surface area contributed by atoms with Crippen molar-refractivity contribution >= 4 is 29.0 Å². The zero-order valence-electron chi connectivity index (χ0n) is 22.1. The van der Waals surface area contributed by atoms with Gasteiger partial charge in [-0.15, -0.1) is 0 Å². The predicted octanol–water partition coefficient (Wildman–Crippen LogP) is 1.81. The molecule has 41 heavy (non-hydrogen) atoms. The van der Waals surface area contributed by atoms with E-state index >= 15 is 0 Å². The van der Waals surface area contributed by atoms with Crippen LogP contribution in [-0.2, 0) is 39.5 Å². The summed E-state index contributed by atoms with van der Waals surface area (Å²) in [7, 11) is 0. The quantitative estimate of drug-likeness (QED) is 0.140. The highest BCUT2D eigenvalue weighted by atomic mass is 16.6. The van der Waals surface area contributed by atoms with Crippen molar-refractivity contribution in [3.05, 3.63) is 92.8 Å². The van der Waals surface area contributed by atoms with E-state index in [-0.39, 0.29) is 48.4 Å². The van der Waals surface area contributed by atoms with E-state index in [4.69, 9.17) is 15.5 Å². The third kappa shape index (κ3) is 4.35. The number of nitrogens with two attached hydrogens (primary N) is 1. The maximum Gasteiger partial charge on any atom is 0.343 e. The Morgan fingerprint density at radius 3 is 2.73 bits per heavy atom. The lowest BCUT2D eigenvalue weighted by Crippen LogP contribution is -2.44. The molecule has 5 N–H and O–H groups in total. The zero-order valence-corrected chi connectivity index (χ0v) is 22.1. The number of aromatic nitrogens is 2. The number of nitrogens with zero attached hydrogens (tertiary/aromatic N) is 3. The molecule has 2 aliphatic heterocycles. The van der Waals surface area contributed by atoms with Gasteiger partial charge in [-0.05, 0) is 42.7 Å². The van der Waals surface area contributed by atoms with Crippen LogP contribution in [0.4, 0.5) is 0 Å². The number of aliphatic hydroxyl groups is 1. The molecule has 2 aliphatic rings. The summed E-state index contributed by atoms with van der Waals surface area (Å²) >= 11 is 0. The molecule has 2 atom stereocenters. The van der Waals surface area contributed by atoms with Crippen LogP contribution in [0.5, 0.6) is 5.75 Å². The van der Waals surface area contributed by atoms with Gasteiger partial charge in [0.05, 0.1) is 41.3 Å². The van der Waals surface area contributed by atoms with Crippen molar-refractivity contribution in [1.29, 1.82) is 0 Å². The Balaban J connectivity index is 1.36. The van der Waals surface area contributed by atoms with E-state index < -0.39 is 23.5 Å². The molecule has 4 heterocycles. The Morgan fingerprint density at radius 2 is 1.98 bits per heavy atom. The average molecular weight is 554 g/mol. The number of cyclic esters (lactones) is 1. The SMILES string of the molecule is CC[C@@]1(O)C(=O)OCc2c1cc1n(c2=O)Cc2c-1nc1ccccc1c2/C=N/NC(=O)C(N)Cc1ccc(O)cc1. The minimum Gasteiger partial charge on any atom is -0.508 e. The average Bonchev–Trinajstić information content (AvgIpc) is 3.34. The number of phenols is 1. The summed E-state index contributed by atoms with van der Waals surface area (Å²) in [6, 6.07) is 14.6. The molecule has 4 aromatic rings. The van der Waals surface area contributed by atoms with E-state index in [0.717, 1.165) is 10.9 Å². The fourth-order valence-corrected chi connectivity index (χ4v) is 5.43. The highest BCUT2D eigenvalue weighted by molar-refractivity contribution is 6.02. The molecular weight excluding hydrogens is 526 g/mol. The molecule has 6 rings (SSSR count). The third-order valence-corrected chi connectivity index (χ3v) is 7.74. The normalized spacial score (nSPS) is 18.1. The van der Waals surface area contributed by atoms with Crippen LogP contribution in [0, 0.1) is 0 Å². The fraction of sp³-hybridized carbons (Fsp3) is 0.233. The number of hydrazone groups is 1. The first-order valence-corrected chi connectivity index (χ1v) is 13.2. The van der Waals surface area contributed by atoms with Gasteiger partial charge >= 0.3 is 5.97 Å². The number of pyridine rings is 2. The Kier molecular flexibility index (Phi) is 6.40. The standard InChI is InChI=1S/C30H27N5O6/c1-2-30(40)22-12-25-26-20(14-35(25)28(38)21(22)15-41-29(30)39)19(18-5-3-4-6-24(18)33-26)13-32-34-27(37)23(31)11-16-7-9-17(36)10-8-16/h3-10,12-13,23,36,40H,2,11,14-15,31H2,1H3,(H,34,37)/b32-13+/t23?,30-/m0/s1. The Hall–Kier alpha value is -4.87. The summed E-state index contributed by atoms with van der Waals surface area (Å²) in [6.45, 7) is 1.62. The molecule has 0 saturated heterocycles. The van der Waals surface area contributed by atoms with Crippen LogP contribution in [0.3, 0.4) is 0 Å². The molecule has 2 aromatic heterocycles.